The Balaban J connectivity index is 1.85. The zero-order valence-corrected chi connectivity index (χ0v) is 15.0. The molecule has 0 unspecified atom stereocenters. The molecule has 1 N–H and O–H groups in total. The van der Waals surface area contributed by atoms with E-state index in [0.717, 1.165) is 23.4 Å². The van der Waals surface area contributed by atoms with Gasteiger partial charge in [0.05, 0.1) is 17.1 Å². The number of anilines is 1. The minimum Gasteiger partial charge on any atom is -0.490 e. The van der Waals surface area contributed by atoms with Crippen molar-refractivity contribution in [1.82, 2.24) is 4.72 Å². The smallest absolute Gasteiger partial charge is 0.241 e. The fourth-order valence-corrected chi connectivity index (χ4v) is 3.99. The number of aryl methyl sites for hydroxylation is 2. The molecular weight excluding hydrogens is 324 g/mol. The molecule has 24 heavy (non-hydrogen) atoms. The van der Waals surface area contributed by atoms with Crippen LogP contribution in [0.5, 0.6) is 5.75 Å². The average Bonchev–Trinajstić information content (AvgIpc) is 2.55. The third-order valence-corrected chi connectivity index (χ3v) is 5.77. The normalized spacial score (nSPS) is 14.2. The Kier molecular flexibility index (Phi) is 4.51. The van der Waals surface area contributed by atoms with Gasteiger partial charge in [-0.05, 0) is 31.0 Å². The van der Waals surface area contributed by atoms with Gasteiger partial charge in [0.2, 0.25) is 10.0 Å². The maximum Gasteiger partial charge on any atom is 0.241 e. The highest BCUT2D eigenvalue weighted by Crippen LogP contribution is 2.35. The predicted molar refractivity (Wildman–Crippen MR) is 95.1 cm³/mol. The van der Waals surface area contributed by atoms with E-state index in [1.165, 1.54) is 0 Å². The summed E-state index contributed by atoms with van der Waals surface area (Å²) in [6, 6.07) is 11.3. The number of nitrogens with zero attached hydrogens (tertiary/aromatic N) is 1. The molecule has 6 heteroatoms. The van der Waals surface area contributed by atoms with Crippen LogP contribution in [0, 0.1) is 13.8 Å². The summed E-state index contributed by atoms with van der Waals surface area (Å²) in [7, 11) is -1.62. The van der Waals surface area contributed by atoms with E-state index in [2.05, 4.69) is 9.62 Å². The van der Waals surface area contributed by atoms with Crippen molar-refractivity contribution in [3.05, 3.63) is 53.1 Å². The Labute approximate surface area is 143 Å². The molecule has 0 saturated heterocycles. The summed E-state index contributed by atoms with van der Waals surface area (Å²) >= 11 is 0. The van der Waals surface area contributed by atoms with Crippen LogP contribution in [0.25, 0.3) is 0 Å². The Bertz CT molecular complexity index is 845. The molecule has 0 saturated carbocycles. The highest BCUT2D eigenvalue weighted by Gasteiger charge is 2.23. The molecule has 5 nitrogen and oxygen atoms in total. The monoisotopic (exact) mass is 346 g/mol. The average molecular weight is 346 g/mol. The van der Waals surface area contributed by atoms with E-state index in [1.807, 2.05) is 51.2 Å². The van der Waals surface area contributed by atoms with Crippen molar-refractivity contribution in [3.63, 3.8) is 0 Å². The summed E-state index contributed by atoms with van der Waals surface area (Å²) < 4.78 is 33.7. The molecule has 0 bridgehead atoms. The van der Waals surface area contributed by atoms with E-state index < -0.39 is 10.0 Å². The molecule has 0 amide bonds. The summed E-state index contributed by atoms with van der Waals surface area (Å²) in [6.07, 6.45) is 0. The standard InChI is InChI=1S/C18H22N2O3S/c1-13-4-6-15(7-5-13)12-19-24(21,22)18-11-17-16(10-14(18)2)20(3)8-9-23-17/h4-7,10-11,19H,8-9,12H2,1-3H3. The summed E-state index contributed by atoms with van der Waals surface area (Å²) in [5.41, 5.74) is 3.71. The lowest BCUT2D eigenvalue weighted by atomic mass is 10.1. The minimum absolute atomic E-state index is 0.264. The number of ether oxygens (including phenoxy) is 1. The van der Waals surface area contributed by atoms with Crippen LogP contribution in [0.1, 0.15) is 16.7 Å². The summed E-state index contributed by atoms with van der Waals surface area (Å²) in [5.74, 6) is 0.616. The molecule has 0 aromatic heterocycles. The van der Waals surface area contributed by atoms with Crippen molar-refractivity contribution in [2.45, 2.75) is 25.3 Å². The van der Waals surface area contributed by atoms with Gasteiger partial charge in [0.25, 0.3) is 0 Å². The highest BCUT2D eigenvalue weighted by atomic mass is 32.2. The highest BCUT2D eigenvalue weighted by molar-refractivity contribution is 7.89. The third kappa shape index (κ3) is 3.39. The Hall–Kier alpha value is -2.05. The number of nitrogens with one attached hydrogen (secondary N) is 1. The van der Waals surface area contributed by atoms with E-state index in [0.29, 0.717) is 17.9 Å². The van der Waals surface area contributed by atoms with Gasteiger partial charge >= 0.3 is 0 Å². The molecule has 1 aliphatic rings. The first-order chi connectivity index (χ1) is 11.4. The van der Waals surface area contributed by atoms with Crippen molar-refractivity contribution in [2.75, 3.05) is 25.1 Å². The second-order valence-electron chi connectivity index (χ2n) is 6.17. The van der Waals surface area contributed by atoms with Crippen LogP contribution in [0.2, 0.25) is 0 Å². The van der Waals surface area contributed by atoms with Crippen molar-refractivity contribution in [3.8, 4) is 5.75 Å². The SMILES string of the molecule is Cc1ccc(CNS(=O)(=O)c2cc3c(cc2C)N(C)CCO3)cc1. The summed E-state index contributed by atoms with van der Waals surface area (Å²) in [5, 5.41) is 0. The number of sulfonamides is 1. The van der Waals surface area contributed by atoms with Crippen LogP contribution in [0.3, 0.4) is 0 Å². The largest absolute Gasteiger partial charge is 0.490 e. The lowest BCUT2D eigenvalue weighted by Crippen LogP contribution is -2.30. The second kappa shape index (κ2) is 6.45. The topological polar surface area (TPSA) is 58.6 Å². The number of hydrogen-bond acceptors (Lipinski definition) is 4. The fraction of sp³-hybridized carbons (Fsp3) is 0.333. The van der Waals surface area contributed by atoms with E-state index in [4.69, 9.17) is 4.74 Å². The molecule has 0 atom stereocenters. The van der Waals surface area contributed by atoms with Crippen LogP contribution in [-0.4, -0.2) is 28.6 Å². The van der Waals surface area contributed by atoms with Crippen molar-refractivity contribution < 1.29 is 13.2 Å². The number of rotatable bonds is 4. The lowest BCUT2D eigenvalue weighted by molar-refractivity contribution is 0.310. The zero-order chi connectivity index (χ0) is 17.3. The maximum absolute atomic E-state index is 12.7. The number of benzene rings is 2. The zero-order valence-electron chi connectivity index (χ0n) is 14.2. The quantitative estimate of drug-likeness (QED) is 0.924. The number of likely N-dealkylation sites (N-methyl/N-ethyl adjacent to an activating group) is 1. The molecule has 3 rings (SSSR count). The predicted octanol–water partition coefficient (Wildman–Crippen LogP) is 2.61. The molecule has 1 aliphatic heterocycles. The lowest BCUT2D eigenvalue weighted by Gasteiger charge is -2.28. The summed E-state index contributed by atoms with van der Waals surface area (Å²) in [4.78, 5) is 2.34. The molecule has 0 aliphatic carbocycles. The van der Waals surface area contributed by atoms with Gasteiger partial charge in [-0.1, -0.05) is 29.8 Å². The van der Waals surface area contributed by atoms with E-state index in [-0.39, 0.29) is 11.4 Å². The van der Waals surface area contributed by atoms with Crippen LogP contribution in [0.15, 0.2) is 41.3 Å². The number of fused-ring (bicyclic) bond motifs is 1. The van der Waals surface area contributed by atoms with Crippen LogP contribution in [0.4, 0.5) is 5.69 Å². The second-order valence-corrected chi connectivity index (χ2v) is 7.90. The first kappa shape index (κ1) is 16.8. The third-order valence-electron chi connectivity index (χ3n) is 4.23. The summed E-state index contributed by atoms with van der Waals surface area (Å²) in [6.45, 7) is 5.43. The molecular formula is C18H22N2O3S. The maximum atomic E-state index is 12.7. The Morgan fingerprint density at radius 1 is 1.17 bits per heavy atom. The van der Waals surface area contributed by atoms with Gasteiger partial charge in [0.15, 0.2) is 0 Å². The minimum atomic E-state index is -3.60. The van der Waals surface area contributed by atoms with Gasteiger partial charge in [-0.2, -0.15) is 0 Å². The first-order valence-corrected chi connectivity index (χ1v) is 9.39. The van der Waals surface area contributed by atoms with Crippen molar-refractivity contribution in [2.24, 2.45) is 0 Å². The van der Waals surface area contributed by atoms with Gasteiger partial charge < -0.3 is 9.64 Å². The van der Waals surface area contributed by atoms with E-state index in [9.17, 15) is 8.42 Å². The van der Waals surface area contributed by atoms with Gasteiger partial charge in [-0.3, -0.25) is 0 Å². The first-order valence-electron chi connectivity index (χ1n) is 7.90. The Morgan fingerprint density at radius 2 is 1.88 bits per heavy atom. The molecule has 128 valence electrons. The van der Waals surface area contributed by atoms with E-state index in [1.54, 1.807) is 6.07 Å². The molecule has 2 aromatic carbocycles. The van der Waals surface area contributed by atoms with Crippen LogP contribution < -0.4 is 14.4 Å². The Morgan fingerprint density at radius 3 is 2.58 bits per heavy atom. The van der Waals surface area contributed by atoms with Crippen LogP contribution >= 0.6 is 0 Å². The van der Waals surface area contributed by atoms with Crippen LogP contribution in [-0.2, 0) is 16.6 Å². The van der Waals surface area contributed by atoms with Gasteiger partial charge in [0.1, 0.15) is 12.4 Å². The fourth-order valence-electron chi connectivity index (χ4n) is 2.73. The van der Waals surface area contributed by atoms with E-state index >= 15 is 0 Å². The molecule has 1 heterocycles. The molecule has 0 spiro atoms. The van der Waals surface area contributed by atoms with Gasteiger partial charge in [-0.15, -0.1) is 0 Å². The van der Waals surface area contributed by atoms with Crippen molar-refractivity contribution in [1.29, 1.82) is 0 Å². The van der Waals surface area contributed by atoms with Gasteiger partial charge in [0, 0.05) is 19.7 Å². The molecule has 2 aromatic rings. The number of hydrogen-bond donors (Lipinski definition) is 1. The van der Waals surface area contributed by atoms with Crippen molar-refractivity contribution >= 4 is 15.7 Å². The molecule has 0 radical (unpaired) electrons. The molecule has 0 fully saturated rings. The van der Waals surface area contributed by atoms with Gasteiger partial charge in [-0.25, -0.2) is 13.1 Å².